The van der Waals surface area contributed by atoms with Gasteiger partial charge in [0.25, 0.3) is 11.1 Å². The SMILES string of the molecule is O=c1c(Cl)c(NC2CC2)c(=O)n2n1CC=CC2. The maximum atomic E-state index is 12.2. The minimum atomic E-state index is -0.307. The van der Waals surface area contributed by atoms with Crippen molar-refractivity contribution in [2.24, 2.45) is 0 Å². The van der Waals surface area contributed by atoms with Crippen molar-refractivity contribution in [1.82, 2.24) is 9.36 Å². The molecule has 1 aromatic heterocycles. The second-order valence-corrected chi connectivity index (χ2v) is 4.73. The Labute approximate surface area is 102 Å². The van der Waals surface area contributed by atoms with Crippen LogP contribution in [-0.4, -0.2) is 15.4 Å². The average molecular weight is 254 g/mol. The van der Waals surface area contributed by atoms with Gasteiger partial charge in [-0.3, -0.25) is 9.59 Å². The van der Waals surface area contributed by atoms with Gasteiger partial charge in [-0.25, -0.2) is 9.36 Å². The van der Waals surface area contributed by atoms with E-state index in [9.17, 15) is 9.59 Å². The van der Waals surface area contributed by atoms with Crippen LogP contribution in [0.4, 0.5) is 5.69 Å². The van der Waals surface area contributed by atoms with Crippen molar-refractivity contribution in [2.75, 3.05) is 5.32 Å². The first-order valence-electron chi connectivity index (χ1n) is 5.63. The van der Waals surface area contributed by atoms with Crippen LogP contribution < -0.4 is 16.4 Å². The first kappa shape index (κ1) is 10.7. The molecule has 0 saturated heterocycles. The van der Waals surface area contributed by atoms with Crippen LogP contribution in [0.25, 0.3) is 0 Å². The Morgan fingerprint density at radius 1 is 1.12 bits per heavy atom. The number of anilines is 1. The van der Waals surface area contributed by atoms with Crippen LogP contribution in [0.2, 0.25) is 5.02 Å². The lowest BCUT2D eigenvalue weighted by Gasteiger charge is -2.18. The van der Waals surface area contributed by atoms with Gasteiger partial charge in [-0.1, -0.05) is 23.8 Å². The van der Waals surface area contributed by atoms with Crippen molar-refractivity contribution in [1.29, 1.82) is 0 Å². The molecular formula is C11H12ClN3O2. The van der Waals surface area contributed by atoms with E-state index in [1.807, 2.05) is 12.2 Å². The van der Waals surface area contributed by atoms with Crippen molar-refractivity contribution in [3.63, 3.8) is 0 Å². The lowest BCUT2D eigenvalue weighted by molar-refractivity contribution is 0.459. The Kier molecular flexibility index (Phi) is 2.36. The third kappa shape index (κ3) is 1.70. The molecule has 1 N–H and O–H groups in total. The molecule has 2 aliphatic rings. The molecule has 17 heavy (non-hydrogen) atoms. The summed E-state index contributed by atoms with van der Waals surface area (Å²) in [5.74, 6) is 0. The predicted octanol–water partition coefficient (Wildman–Crippen LogP) is 0.807. The van der Waals surface area contributed by atoms with Crippen LogP contribution in [0.15, 0.2) is 21.7 Å². The lowest BCUT2D eigenvalue weighted by atomic mass is 10.3. The summed E-state index contributed by atoms with van der Waals surface area (Å²) in [6, 6.07) is 0.294. The Bertz CT molecular complexity index is 610. The van der Waals surface area contributed by atoms with Crippen LogP contribution in [-0.2, 0) is 13.1 Å². The summed E-state index contributed by atoms with van der Waals surface area (Å²) < 4.78 is 2.81. The van der Waals surface area contributed by atoms with Gasteiger partial charge >= 0.3 is 0 Å². The molecule has 90 valence electrons. The molecule has 5 nitrogen and oxygen atoms in total. The zero-order valence-corrected chi connectivity index (χ0v) is 9.91. The Hall–Kier alpha value is -1.49. The standard InChI is InChI=1S/C11H12ClN3O2/c12-8-9(13-7-3-4-7)11(17)15-6-2-1-5-14(15)10(8)16/h1-2,7,13H,3-6H2. The molecule has 0 unspecified atom stereocenters. The van der Waals surface area contributed by atoms with Crippen molar-refractivity contribution in [3.8, 4) is 0 Å². The van der Waals surface area contributed by atoms with Crippen molar-refractivity contribution >= 4 is 17.3 Å². The molecule has 0 radical (unpaired) electrons. The number of aromatic nitrogens is 2. The summed E-state index contributed by atoms with van der Waals surface area (Å²) in [6.45, 7) is 0.822. The van der Waals surface area contributed by atoms with Crippen LogP contribution in [0.1, 0.15) is 12.8 Å². The van der Waals surface area contributed by atoms with E-state index in [1.165, 1.54) is 9.36 Å². The number of rotatable bonds is 2. The number of fused-ring (bicyclic) bond motifs is 1. The molecule has 0 amide bonds. The van der Waals surface area contributed by atoms with Gasteiger partial charge in [0.2, 0.25) is 0 Å². The highest BCUT2D eigenvalue weighted by molar-refractivity contribution is 6.32. The molecule has 0 spiro atoms. The number of hydrogen-bond donors (Lipinski definition) is 1. The number of halogens is 1. The maximum Gasteiger partial charge on any atom is 0.290 e. The van der Waals surface area contributed by atoms with E-state index in [4.69, 9.17) is 11.6 Å². The van der Waals surface area contributed by atoms with Crippen LogP contribution in [0.5, 0.6) is 0 Å². The van der Waals surface area contributed by atoms with Crippen molar-refractivity contribution in [3.05, 3.63) is 37.9 Å². The first-order chi connectivity index (χ1) is 8.18. The molecular weight excluding hydrogens is 242 g/mol. The molecule has 1 aliphatic heterocycles. The fourth-order valence-electron chi connectivity index (χ4n) is 1.93. The summed E-state index contributed by atoms with van der Waals surface area (Å²) in [7, 11) is 0. The summed E-state index contributed by atoms with van der Waals surface area (Å²) in [5.41, 5.74) is -0.268. The molecule has 0 bridgehead atoms. The van der Waals surface area contributed by atoms with E-state index in [0.717, 1.165) is 12.8 Å². The average Bonchev–Trinajstić information content (AvgIpc) is 3.16. The zero-order chi connectivity index (χ0) is 12.0. The van der Waals surface area contributed by atoms with Crippen LogP contribution in [0.3, 0.4) is 0 Å². The summed E-state index contributed by atoms with van der Waals surface area (Å²) in [6.07, 6.45) is 5.78. The summed E-state index contributed by atoms with van der Waals surface area (Å²) in [4.78, 5) is 24.2. The summed E-state index contributed by atoms with van der Waals surface area (Å²) >= 11 is 5.97. The monoisotopic (exact) mass is 253 g/mol. The second kappa shape index (κ2) is 3.77. The van der Waals surface area contributed by atoms with Crippen molar-refractivity contribution < 1.29 is 0 Å². The van der Waals surface area contributed by atoms with Gasteiger partial charge < -0.3 is 5.32 Å². The predicted molar refractivity (Wildman–Crippen MR) is 65.8 cm³/mol. The van der Waals surface area contributed by atoms with E-state index in [0.29, 0.717) is 19.1 Å². The Balaban J connectivity index is 2.20. The smallest absolute Gasteiger partial charge is 0.290 e. The molecule has 1 aliphatic carbocycles. The molecule has 0 aromatic carbocycles. The molecule has 3 rings (SSSR count). The van der Waals surface area contributed by atoms with Gasteiger partial charge in [0.1, 0.15) is 10.7 Å². The quantitative estimate of drug-likeness (QED) is 0.794. The third-order valence-corrected chi connectivity index (χ3v) is 3.38. The molecule has 0 atom stereocenters. The van der Waals surface area contributed by atoms with E-state index >= 15 is 0 Å². The highest BCUT2D eigenvalue weighted by atomic mass is 35.5. The van der Waals surface area contributed by atoms with Gasteiger partial charge in [0.15, 0.2) is 0 Å². The Morgan fingerprint density at radius 2 is 1.71 bits per heavy atom. The fraction of sp³-hybridized carbons (Fsp3) is 0.455. The minimum absolute atomic E-state index is 0.00782. The largest absolute Gasteiger partial charge is 0.376 e. The van der Waals surface area contributed by atoms with Gasteiger partial charge in [0, 0.05) is 6.04 Å². The summed E-state index contributed by atoms with van der Waals surface area (Å²) in [5, 5.41) is 3.05. The van der Waals surface area contributed by atoms with Crippen molar-refractivity contribution in [2.45, 2.75) is 32.0 Å². The lowest BCUT2D eigenvalue weighted by Crippen LogP contribution is -2.41. The topological polar surface area (TPSA) is 56.0 Å². The van der Waals surface area contributed by atoms with Crippen LogP contribution >= 0.6 is 11.6 Å². The molecule has 2 heterocycles. The van der Waals surface area contributed by atoms with Gasteiger partial charge in [-0.15, -0.1) is 0 Å². The first-order valence-corrected chi connectivity index (χ1v) is 6.01. The molecule has 1 fully saturated rings. The fourth-order valence-corrected chi connectivity index (χ4v) is 2.16. The molecule has 6 heteroatoms. The number of nitrogens with one attached hydrogen (secondary N) is 1. The number of allylic oxidation sites excluding steroid dienone is 2. The third-order valence-electron chi connectivity index (χ3n) is 3.03. The zero-order valence-electron chi connectivity index (χ0n) is 9.15. The van der Waals surface area contributed by atoms with Gasteiger partial charge in [-0.2, -0.15) is 0 Å². The van der Waals surface area contributed by atoms with E-state index in [1.54, 1.807) is 0 Å². The number of nitrogens with zero attached hydrogens (tertiary/aromatic N) is 2. The normalized spacial score (nSPS) is 17.9. The van der Waals surface area contributed by atoms with E-state index < -0.39 is 0 Å². The van der Waals surface area contributed by atoms with E-state index in [-0.39, 0.29) is 21.8 Å². The Morgan fingerprint density at radius 3 is 2.29 bits per heavy atom. The molecule has 1 aromatic rings. The van der Waals surface area contributed by atoms with Gasteiger partial charge in [-0.05, 0) is 12.8 Å². The molecule has 1 saturated carbocycles. The highest BCUT2D eigenvalue weighted by Crippen LogP contribution is 2.25. The second-order valence-electron chi connectivity index (χ2n) is 4.35. The maximum absolute atomic E-state index is 12.2. The minimum Gasteiger partial charge on any atom is -0.376 e. The van der Waals surface area contributed by atoms with Gasteiger partial charge in [0.05, 0.1) is 13.1 Å². The van der Waals surface area contributed by atoms with E-state index in [2.05, 4.69) is 5.32 Å². The van der Waals surface area contributed by atoms with Crippen LogP contribution in [0, 0.1) is 0 Å². The highest BCUT2D eigenvalue weighted by Gasteiger charge is 2.26. The number of hydrogen-bond acceptors (Lipinski definition) is 3.